The van der Waals surface area contributed by atoms with Crippen LogP contribution in [0.15, 0.2) is 47.5 Å². The molecule has 1 aliphatic rings. The largest absolute Gasteiger partial charge is 0.331 e. The Morgan fingerprint density at radius 3 is 2.71 bits per heavy atom. The monoisotopic (exact) mass is 375 g/mol. The molecule has 5 nitrogen and oxygen atoms in total. The van der Waals surface area contributed by atoms with Crippen LogP contribution in [0.3, 0.4) is 0 Å². The van der Waals surface area contributed by atoms with Gasteiger partial charge in [-0.2, -0.15) is 0 Å². The Bertz CT molecular complexity index is 1070. The molecule has 1 saturated carbocycles. The minimum atomic E-state index is -0.124. The van der Waals surface area contributed by atoms with Crippen molar-refractivity contribution in [2.45, 2.75) is 52.1 Å². The summed E-state index contributed by atoms with van der Waals surface area (Å²) in [6, 6.07) is 9.80. The predicted octanol–water partition coefficient (Wildman–Crippen LogP) is 4.12. The predicted molar refractivity (Wildman–Crippen MR) is 110 cm³/mol. The fourth-order valence-electron chi connectivity index (χ4n) is 4.27. The zero-order valence-corrected chi connectivity index (χ0v) is 16.4. The molecule has 3 aromatic rings. The highest BCUT2D eigenvalue weighted by atomic mass is 16.2. The van der Waals surface area contributed by atoms with Gasteiger partial charge in [-0.05, 0) is 61.9 Å². The standard InChI is InChI=1S/C23H25N3O2/c1-15-10-16(2)21-18(11-15)12-19(22(27)25-21)14-26(20-7-3-4-8-20)23(28)17-6-5-9-24-13-17/h5-6,9-13,20H,3-4,7-8,14H2,1-2H3,(H,25,27). The molecule has 0 spiro atoms. The van der Waals surface area contributed by atoms with Gasteiger partial charge in [0.15, 0.2) is 0 Å². The molecule has 2 heterocycles. The van der Waals surface area contributed by atoms with Gasteiger partial charge in [-0.3, -0.25) is 14.6 Å². The summed E-state index contributed by atoms with van der Waals surface area (Å²) in [6.07, 6.45) is 7.46. The number of pyridine rings is 2. The van der Waals surface area contributed by atoms with Gasteiger partial charge >= 0.3 is 0 Å². The topological polar surface area (TPSA) is 66.1 Å². The van der Waals surface area contributed by atoms with Crippen molar-refractivity contribution in [2.75, 3.05) is 0 Å². The second-order valence-electron chi connectivity index (χ2n) is 7.78. The molecule has 28 heavy (non-hydrogen) atoms. The highest BCUT2D eigenvalue weighted by Gasteiger charge is 2.28. The van der Waals surface area contributed by atoms with Crippen molar-refractivity contribution >= 4 is 16.8 Å². The number of nitrogens with zero attached hydrogens (tertiary/aromatic N) is 2. The Labute approximate surface area is 164 Å². The van der Waals surface area contributed by atoms with E-state index in [4.69, 9.17) is 0 Å². The van der Waals surface area contributed by atoms with Gasteiger partial charge in [0.05, 0.1) is 17.6 Å². The summed E-state index contributed by atoms with van der Waals surface area (Å²) in [6.45, 7) is 4.37. The summed E-state index contributed by atoms with van der Waals surface area (Å²) >= 11 is 0. The Morgan fingerprint density at radius 2 is 2.00 bits per heavy atom. The zero-order valence-electron chi connectivity index (χ0n) is 16.4. The van der Waals surface area contributed by atoms with Gasteiger partial charge in [-0.15, -0.1) is 0 Å². The van der Waals surface area contributed by atoms with Gasteiger partial charge in [0.25, 0.3) is 11.5 Å². The Morgan fingerprint density at radius 1 is 1.21 bits per heavy atom. The molecule has 1 aromatic carbocycles. The summed E-state index contributed by atoms with van der Waals surface area (Å²) in [5.41, 5.74) is 4.14. The number of carbonyl (C=O) groups is 1. The van der Waals surface area contributed by atoms with Gasteiger partial charge in [0.1, 0.15) is 0 Å². The lowest BCUT2D eigenvalue weighted by Crippen LogP contribution is -2.39. The normalized spacial score (nSPS) is 14.5. The number of rotatable bonds is 4. The lowest BCUT2D eigenvalue weighted by Gasteiger charge is -2.29. The second-order valence-corrected chi connectivity index (χ2v) is 7.78. The summed E-state index contributed by atoms with van der Waals surface area (Å²) in [5.74, 6) is -0.0556. The van der Waals surface area contributed by atoms with Crippen molar-refractivity contribution in [3.05, 3.63) is 75.3 Å². The van der Waals surface area contributed by atoms with Crippen molar-refractivity contribution in [3.8, 4) is 0 Å². The molecule has 0 saturated heterocycles. The van der Waals surface area contributed by atoms with E-state index in [0.717, 1.165) is 47.7 Å². The van der Waals surface area contributed by atoms with E-state index in [9.17, 15) is 9.59 Å². The van der Waals surface area contributed by atoms with Gasteiger partial charge in [0, 0.05) is 24.0 Å². The molecule has 4 rings (SSSR count). The van der Waals surface area contributed by atoms with E-state index in [2.05, 4.69) is 22.1 Å². The van der Waals surface area contributed by atoms with Crippen LogP contribution in [0.1, 0.15) is 52.7 Å². The van der Waals surface area contributed by atoms with Crippen LogP contribution in [0.5, 0.6) is 0 Å². The Hall–Kier alpha value is -2.95. The van der Waals surface area contributed by atoms with E-state index in [0.29, 0.717) is 17.7 Å². The van der Waals surface area contributed by atoms with E-state index in [1.165, 1.54) is 0 Å². The van der Waals surface area contributed by atoms with Crippen LogP contribution >= 0.6 is 0 Å². The molecule has 1 fully saturated rings. The average Bonchev–Trinajstić information content (AvgIpc) is 3.21. The molecule has 0 unspecified atom stereocenters. The van der Waals surface area contributed by atoms with Crippen LogP contribution in [0.2, 0.25) is 0 Å². The molecular formula is C23H25N3O2. The van der Waals surface area contributed by atoms with Crippen molar-refractivity contribution in [2.24, 2.45) is 0 Å². The number of H-pyrrole nitrogens is 1. The third-order valence-corrected chi connectivity index (χ3v) is 5.65. The van der Waals surface area contributed by atoms with Crippen LogP contribution in [0.25, 0.3) is 10.9 Å². The lowest BCUT2D eigenvalue weighted by molar-refractivity contribution is 0.0663. The zero-order chi connectivity index (χ0) is 19.7. The van der Waals surface area contributed by atoms with Crippen molar-refractivity contribution < 1.29 is 4.79 Å². The summed E-state index contributed by atoms with van der Waals surface area (Å²) in [7, 11) is 0. The van der Waals surface area contributed by atoms with E-state index in [-0.39, 0.29) is 17.5 Å². The van der Waals surface area contributed by atoms with Gasteiger partial charge in [0.2, 0.25) is 0 Å². The quantitative estimate of drug-likeness (QED) is 0.746. The highest BCUT2D eigenvalue weighted by molar-refractivity contribution is 5.94. The maximum absolute atomic E-state index is 13.2. The molecule has 0 bridgehead atoms. The molecule has 0 atom stereocenters. The van der Waals surface area contributed by atoms with Gasteiger partial charge < -0.3 is 9.88 Å². The number of hydrogen-bond acceptors (Lipinski definition) is 3. The molecule has 1 N–H and O–H groups in total. The lowest BCUT2D eigenvalue weighted by atomic mass is 10.0. The van der Waals surface area contributed by atoms with Crippen molar-refractivity contribution in [3.63, 3.8) is 0 Å². The molecule has 1 amide bonds. The fraction of sp³-hybridized carbons (Fsp3) is 0.348. The van der Waals surface area contributed by atoms with Crippen LogP contribution in [-0.2, 0) is 6.54 Å². The maximum atomic E-state index is 13.2. The molecule has 144 valence electrons. The number of benzene rings is 1. The molecule has 5 heteroatoms. The van der Waals surface area contributed by atoms with E-state index >= 15 is 0 Å². The summed E-state index contributed by atoms with van der Waals surface area (Å²) < 4.78 is 0. The third-order valence-electron chi connectivity index (χ3n) is 5.65. The van der Waals surface area contributed by atoms with Crippen LogP contribution < -0.4 is 5.56 Å². The summed E-state index contributed by atoms with van der Waals surface area (Å²) in [4.78, 5) is 34.9. The fourth-order valence-corrected chi connectivity index (χ4v) is 4.27. The number of carbonyl (C=O) groups excluding carboxylic acids is 1. The first kappa shape index (κ1) is 18.4. The smallest absolute Gasteiger partial charge is 0.255 e. The number of aromatic nitrogens is 2. The molecule has 0 radical (unpaired) electrons. The molecule has 2 aromatic heterocycles. The van der Waals surface area contributed by atoms with Crippen molar-refractivity contribution in [1.82, 2.24) is 14.9 Å². The third kappa shape index (κ3) is 3.57. The average molecular weight is 375 g/mol. The number of hydrogen-bond donors (Lipinski definition) is 1. The number of amides is 1. The first-order chi connectivity index (χ1) is 13.5. The van der Waals surface area contributed by atoms with Crippen LogP contribution in [0, 0.1) is 13.8 Å². The first-order valence-electron chi connectivity index (χ1n) is 9.87. The number of fused-ring (bicyclic) bond motifs is 1. The van der Waals surface area contributed by atoms with E-state index < -0.39 is 0 Å². The van der Waals surface area contributed by atoms with E-state index in [1.54, 1.807) is 24.5 Å². The second kappa shape index (κ2) is 7.58. The molecule has 0 aliphatic heterocycles. The minimum absolute atomic E-state index is 0.0556. The SMILES string of the molecule is Cc1cc(C)c2[nH]c(=O)c(CN(C(=O)c3cccnc3)C3CCCC3)cc2c1. The summed E-state index contributed by atoms with van der Waals surface area (Å²) in [5, 5.41) is 1.01. The first-order valence-corrected chi connectivity index (χ1v) is 9.87. The van der Waals surface area contributed by atoms with Gasteiger partial charge in [-0.1, -0.05) is 24.5 Å². The number of aromatic amines is 1. The van der Waals surface area contributed by atoms with Gasteiger partial charge in [-0.25, -0.2) is 0 Å². The Kier molecular flexibility index (Phi) is 4.99. The minimum Gasteiger partial charge on any atom is -0.331 e. The maximum Gasteiger partial charge on any atom is 0.255 e. The Balaban J connectivity index is 1.73. The number of nitrogens with one attached hydrogen (secondary N) is 1. The number of aryl methyl sites for hydroxylation is 2. The highest BCUT2D eigenvalue weighted by Crippen LogP contribution is 2.27. The molecular weight excluding hydrogens is 350 g/mol. The molecule has 1 aliphatic carbocycles. The van der Waals surface area contributed by atoms with E-state index in [1.807, 2.05) is 24.8 Å². The van der Waals surface area contributed by atoms with Crippen molar-refractivity contribution in [1.29, 1.82) is 0 Å². The van der Waals surface area contributed by atoms with Crippen LogP contribution in [-0.4, -0.2) is 26.8 Å². The van der Waals surface area contributed by atoms with Crippen LogP contribution in [0.4, 0.5) is 0 Å².